The summed E-state index contributed by atoms with van der Waals surface area (Å²) in [5.74, 6) is 0.814. The van der Waals surface area contributed by atoms with Crippen molar-refractivity contribution in [2.45, 2.75) is 59.1 Å². The number of rotatable bonds is 7. The SMILES string of the molecule is CCNCc1cc(COCC2CCCCC2)c(C)s1. The highest BCUT2D eigenvalue weighted by atomic mass is 32.1. The predicted octanol–water partition coefficient (Wildman–Crippen LogP) is 4.26. The van der Waals surface area contributed by atoms with E-state index in [-0.39, 0.29) is 0 Å². The van der Waals surface area contributed by atoms with Crippen molar-refractivity contribution < 1.29 is 4.74 Å². The molecule has 0 atom stereocenters. The van der Waals surface area contributed by atoms with Gasteiger partial charge in [0.15, 0.2) is 0 Å². The number of aryl methyl sites for hydroxylation is 1. The lowest BCUT2D eigenvalue weighted by molar-refractivity contribution is 0.0738. The summed E-state index contributed by atoms with van der Waals surface area (Å²) in [6, 6.07) is 2.31. The Balaban J connectivity index is 1.73. The molecule has 1 aromatic rings. The Bertz CT molecular complexity index is 369. The van der Waals surface area contributed by atoms with E-state index in [4.69, 9.17) is 4.74 Å². The molecule has 0 spiro atoms. The summed E-state index contributed by atoms with van der Waals surface area (Å²) in [6.45, 7) is 8.13. The number of nitrogens with one attached hydrogen (secondary N) is 1. The molecule has 1 aliphatic carbocycles. The minimum atomic E-state index is 0.797. The summed E-state index contributed by atoms with van der Waals surface area (Å²) >= 11 is 1.90. The molecule has 1 aliphatic rings. The van der Waals surface area contributed by atoms with E-state index in [1.54, 1.807) is 0 Å². The molecule has 0 unspecified atom stereocenters. The van der Waals surface area contributed by atoms with Gasteiger partial charge in [-0.1, -0.05) is 26.2 Å². The van der Waals surface area contributed by atoms with Crippen LogP contribution in [0.2, 0.25) is 0 Å². The van der Waals surface area contributed by atoms with Crippen LogP contribution in [0.25, 0.3) is 0 Å². The van der Waals surface area contributed by atoms with E-state index >= 15 is 0 Å². The number of hydrogen-bond donors (Lipinski definition) is 1. The Kier molecular flexibility index (Phi) is 6.35. The largest absolute Gasteiger partial charge is 0.376 e. The molecular formula is C16H27NOS. The molecule has 1 aromatic heterocycles. The van der Waals surface area contributed by atoms with Crippen LogP contribution in [0.5, 0.6) is 0 Å². The van der Waals surface area contributed by atoms with E-state index in [9.17, 15) is 0 Å². The third-order valence-electron chi connectivity index (χ3n) is 3.96. The van der Waals surface area contributed by atoms with Crippen molar-refractivity contribution in [3.05, 3.63) is 21.4 Å². The zero-order valence-corrected chi connectivity index (χ0v) is 13.2. The number of hydrogen-bond acceptors (Lipinski definition) is 3. The highest BCUT2D eigenvalue weighted by Crippen LogP contribution is 2.25. The molecule has 0 amide bonds. The fourth-order valence-corrected chi connectivity index (χ4v) is 3.77. The van der Waals surface area contributed by atoms with Crippen molar-refractivity contribution >= 4 is 11.3 Å². The van der Waals surface area contributed by atoms with E-state index in [0.717, 1.165) is 32.2 Å². The van der Waals surface area contributed by atoms with Crippen LogP contribution in [0.15, 0.2) is 6.07 Å². The van der Waals surface area contributed by atoms with Gasteiger partial charge in [0.05, 0.1) is 6.61 Å². The van der Waals surface area contributed by atoms with Gasteiger partial charge in [0.25, 0.3) is 0 Å². The summed E-state index contributed by atoms with van der Waals surface area (Å²) in [5, 5.41) is 3.38. The van der Waals surface area contributed by atoms with Gasteiger partial charge in [0.2, 0.25) is 0 Å². The van der Waals surface area contributed by atoms with Gasteiger partial charge in [-0.2, -0.15) is 0 Å². The van der Waals surface area contributed by atoms with Crippen molar-refractivity contribution in [1.29, 1.82) is 0 Å². The van der Waals surface area contributed by atoms with Crippen LogP contribution in [0, 0.1) is 12.8 Å². The number of thiophene rings is 1. The molecule has 19 heavy (non-hydrogen) atoms. The topological polar surface area (TPSA) is 21.3 Å². The molecule has 1 heterocycles. The fourth-order valence-electron chi connectivity index (χ4n) is 2.76. The Morgan fingerprint density at radius 1 is 1.32 bits per heavy atom. The van der Waals surface area contributed by atoms with Crippen molar-refractivity contribution in [2.24, 2.45) is 5.92 Å². The zero-order chi connectivity index (χ0) is 13.5. The second-order valence-electron chi connectivity index (χ2n) is 5.59. The van der Waals surface area contributed by atoms with Crippen molar-refractivity contribution in [2.75, 3.05) is 13.2 Å². The molecule has 0 bridgehead atoms. The lowest BCUT2D eigenvalue weighted by Gasteiger charge is -2.21. The van der Waals surface area contributed by atoms with Gasteiger partial charge >= 0.3 is 0 Å². The molecule has 1 fully saturated rings. The summed E-state index contributed by atoms with van der Waals surface area (Å²) in [5.41, 5.74) is 1.38. The quantitative estimate of drug-likeness (QED) is 0.806. The summed E-state index contributed by atoms with van der Waals surface area (Å²) in [4.78, 5) is 2.84. The van der Waals surface area contributed by atoms with Crippen LogP contribution >= 0.6 is 11.3 Å². The van der Waals surface area contributed by atoms with Crippen LogP contribution in [0.4, 0.5) is 0 Å². The monoisotopic (exact) mass is 281 g/mol. The van der Waals surface area contributed by atoms with E-state index in [2.05, 4.69) is 25.2 Å². The first-order valence-corrected chi connectivity index (χ1v) is 8.48. The predicted molar refractivity (Wildman–Crippen MR) is 82.7 cm³/mol. The molecule has 3 heteroatoms. The zero-order valence-electron chi connectivity index (χ0n) is 12.3. The van der Waals surface area contributed by atoms with Gasteiger partial charge in [-0.3, -0.25) is 0 Å². The van der Waals surface area contributed by atoms with Gasteiger partial charge in [0, 0.05) is 22.9 Å². The highest BCUT2D eigenvalue weighted by molar-refractivity contribution is 7.12. The van der Waals surface area contributed by atoms with Gasteiger partial charge in [0.1, 0.15) is 0 Å². The molecule has 2 rings (SSSR count). The third-order valence-corrected chi connectivity index (χ3v) is 5.05. The minimum Gasteiger partial charge on any atom is -0.376 e. The van der Waals surface area contributed by atoms with E-state index in [0.29, 0.717) is 0 Å². The van der Waals surface area contributed by atoms with E-state index in [1.165, 1.54) is 47.4 Å². The molecular weight excluding hydrogens is 254 g/mol. The number of ether oxygens (including phenoxy) is 1. The standard InChI is InChI=1S/C16H27NOS/c1-3-17-10-16-9-15(13(2)19-16)12-18-11-14-7-5-4-6-8-14/h9,14,17H,3-8,10-12H2,1-2H3. The van der Waals surface area contributed by atoms with E-state index in [1.807, 2.05) is 11.3 Å². The smallest absolute Gasteiger partial charge is 0.0727 e. The van der Waals surface area contributed by atoms with Gasteiger partial charge in [-0.25, -0.2) is 0 Å². The first-order chi connectivity index (χ1) is 9.29. The molecule has 0 aliphatic heterocycles. The Hall–Kier alpha value is -0.380. The second kappa shape index (κ2) is 8.03. The van der Waals surface area contributed by atoms with Gasteiger partial charge in [-0.05, 0) is 43.9 Å². The Morgan fingerprint density at radius 2 is 2.11 bits per heavy atom. The van der Waals surface area contributed by atoms with Crippen LogP contribution in [-0.4, -0.2) is 13.2 Å². The van der Waals surface area contributed by atoms with Crippen molar-refractivity contribution in [3.8, 4) is 0 Å². The summed E-state index contributed by atoms with van der Waals surface area (Å²) < 4.78 is 5.94. The van der Waals surface area contributed by atoms with Gasteiger partial charge in [-0.15, -0.1) is 11.3 Å². The molecule has 108 valence electrons. The second-order valence-corrected chi connectivity index (χ2v) is 6.93. The molecule has 0 saturated heterocycles. The van der Waals surface area contributed by atoms with Crippen LogP contribution < -0.4 is 5.32 Å². The van der Waals surface area contributed by atoms with Crippen LogP contribution in [0.3, 0.4) is 0 Å². The fraction of sp³-hybridized carbons (Fsp3) is 0.750. The van der Waals surface area contributed by atoms with Crippen molar-refractivity contribution in [1.82, 2.24) is 5.32 Å². The van der Waals surface area contributed by atoms with Crippen LogP contribution in [0.1, 0.15) is 54.3 Å². The maximum absolute atomic E-state index is 5.94. The first-order valence-electron chi connectivity index (χ1n) is 7.66. The van der Waals surface area contributed by atoms with Crippen molar-refractivity contribution in [3.63, 3.8) is 0 Å². The van der Waals surface area contributed by atoms with Crippen LogP contribution in [-0.2, 0) is 17.9 Å². The average Bonchev–Trinajstić information content (AvgIpc) is 2.78. The molecule has 0 radical (unpaired) electrons. The highest BCUT2D eigenvalue weighted by Gasteiger charge is 2.14. The normalized spacial score (nSPS) is 16.9. The van der Waals surface area contributed by atoms with Gasteiger partial charge < -0.3 is 10.1 Å². The van der Waals surface area contributed by atoms with E-state index < -0.39 is 0 Å². The Labute approximate surface area is 121 Å². The lowest BCUT2D eigenvalue weighted by atomic mass is 9.90. The molecule has 0 aromatic carbocycles. The summed E-state index contributed by atoms with van der Waals surface area (Å²) in [7, 11) is 0. The summed E-state index contributed by atoms with van der Waals surface area (Å²) in [6.07, 6.45) is 6.97. The molecule has 1 N–H and O–H groups in total. The molecule has 2 nitrogen and oxygen atoms in total. The maximum Gasteiger partial charge on any atom is 0.0727 e. The average molecular weight is 281 g/mol. The molecule has 1 saturated carbocycles. The third kappa shape index (κ3) is 4.90. The maximum atomic E-state index is 5.94. The minimum absolute atomic E-state index is 0.797. The lowest BCUT2D eigenvalue weighted by Crippen LogP contribution is -2.13. The first kappa shape index (κ1) is 15.0. The Morgan fingerprint density at radius 3 is 2.84 bits per heavy atom.